The van der Waals surface area contributed by atoms with Gasteiger partial charge in [-0.2, -0.15) is 5.26 Å². The Labute approximate surface area is 116 Å². The highest BCUT2D eigenvalue weighted by atomic mass is 15.3. The summed E-state index contributed by atoms with van der Waals surface area (Å²) < 4.78 is 2.13. The van der Waals surface area contributed by atoms with E-state index in [1.54, 1.807) is 6.20 Å². The highest BCUT2D eigenvalue weighted by Gasteiger charge is 2.06. The van der Waals surface area contributed by atoms with Crippen LogP contribution in [-0.2, 0) is 6.54 Å². The Kier molecular flexibility index (Phi) is 3.05. The molecule has 1 N–H and O–H groups in total. The van der Waals surface area contributed by atoms with Crippen LogP contribution in [0.1, 0.15) is 17.0 Å². The third-order valence-corrected chi connectivity index (χ3v) is 3.26. The molecule has 0 aliphatic rings. The van der Waals surface area contributed by atoms with Gasteiger partial charge >= 0.3 is 0 Å². The van der Waals surface area contributed by atoms with Crippen LogP contribution in [0, 0.1) is 18.3 Å². The number of nitrogens with one attached hydrogen (secondary N) is 1. The van der Waals surface area contributed by atoms with Crippen molar-refractivity contribution in [1.82, 2.24) is 20.0 Å². The number of nitriles is 1. The number of hydrogen-bond donors (Lipinski definition) is 1. The van der Waals surface area contributed by atoms with Crippen LogP contribution >= 0.6 is 0 Å². The minimum atomic E-state index is 0.674. The SMILES string of the molecule is Cc1cc(-c2ccc(C#N)cc2)cn1Cc1c[nH]nn1. The summed E-state index contributed by atoms with van der Waals surface area (Å²) in [7, 11) is 0. The number of H-pyrrole nitrogens is 1. The Bertz CT molecular complexity index is 745. The van der Waals surface area contributed by atoms with E-state index in [0.29, 0.717) is 12.1 Å². The maximum atomic E-state index is 8.82. The first kappa shape index (κ1) is 12.2. The Balaban J connectivity index is 1.89. The number of aryl methyl sites for hydroxylation is 1. The summed E-state index contributed by atoms with van der Waals surface area (Å²) in [5.41, 5.74) is 4.97. The maximum Gasteiger partial charge on any atom is 0.102 e. The maximum absolute atomic E-state index is 8.82. The van der Waals surface area contributed by atoms with Crippen molar-refractivity contribution in [3.63, 3.8) is 0 Å². The molecule has 0 aliphatic heterocycles. The average Bonchev–Trinajstić information content (AvgIpc) is 3.10. The van der Waals surface area contributed by atoms with Gasteiger partial charge in [-0.3, -0.25) is 5.10 Å². The van der Waals surface area contributed by atoms with Crippen LogP contribution in [0.25, 0.3) is 11.1 Å². The lowest BCUT2D eigenvalue weighted by Crippen LogP contribution is -2.00. The molecule has 0 spiro atoms. The molecule has 3 rings (SSSR count). The van der Waals surface area contributed by atoms with Crippen molar-refractivity contribution in [3.8, 4) is 17.2 Å². The first-order chi connectivity index (χ1) is 9.76. The molecule has 2 heterocycles. The van der Waals surface area contributed by atoms with Crippen molar-refractivity contribution in [3.05, 3.63) is 59.7 Å². The minimum absolute atomic E-state index is 0.674. The zero-order chi connectivity index (χ0) is 13.9. The van der Waals surface area contributed by atoms with Crippen molar-refractivity contribution < 1.29 is 0 Å². The Hall–Kier alpha value is -2.87. The summed E-state index contributed by atoms with van der Waals surface area (Å²) in [6, 6.07) is 11.9. The van der Waals surface area contributed by atoms with E-state index in [9.17, 15) is 0 Å². The number of hydrogen-bond acceptors (Lipinski definition) is 3. The van der Waals surface area contributed by atoms with E-state index < -0.39 is 0 Å². The first-order valence-corrected chi connectivity index (χ1v) is 6.29. The minimum Gasteiger partial charge on any atom is -0.345 e. The fraction of sp³-hybridized carbons (Fsp3) is 0.133. The molecule has 0 radical (unpaired) electrons. The third kappa shape index (κ3) is 2.31. The van der Waals surface area contributed by atoms with Crippen LogP contribution in [0.5, 0.6) is 0 Å². The van der Waals surface area contributed by atoms with E-state index in [1.165, 1.54) is 0 Å². The third-order valence-electron chi connectivity index (χ3n) is 3.26. The smallest absolute Gasteiger partial charge is 0.102 e. The number of aromatic nitrogens is 4. The van der Waals surface area contributed by atoms with Gasteiger partial charge < -0.3 is 4.57 Å². The molecular weight excluding hydrogens is 250 g/mol. The molecule has 2 aromatic heterocycles. The van der Waals surface area contributed by atoms with Crippen molar-refractivity contribution in [2.45, 2.75) is 13.5 Å². The molecule has 0 unspecified atom stereocenters. The Morgan fingerprint density at radius 2 is 2.05 bits per heavy atom. The molecule has 0 amide bonds. The van der Waals surface area contributed by atoms with Crippen molar-refractivity contribution >= 4 is 0 Å². The summed E-state index contributed by atoms with van der Waals surface area (Å²) >= 11 is 0. The molecule has 0 fully saturated rings. The number of aromatic amines is 1. The predicted octanol–water partition coefficient (Wildman–Crippen LogP) is 2.50. The van der Waals surface area contributed by atoms with Gasteiger partial charge in [0.1, 0.15) is 5.69 Å². The molecule has 0 saturated carbocycles. The summed E-state index contributed by atoms with van der Waals surface area (Å²) in [5.74, 6) is 0. The fourth-order valence-corrected chi connectivity index (χ4v) is 2.16. The second-order valence-corrected chi connectivity index (χ2v) is 4.65. The van der Waals surface area contributed by atoms with E-state index in [4.69, 9.17) is 5.26 Å². The number of nitrogens with zero attached hydrogens (tertiary/aromatic N) is 4. The average molecular weight is 263 g/mol. The summed E-state index contributed by atoms with van der Waals surface area (Å²) in [6.45, 7) is 2.76. The lowest BCUT2D eigenvalue weighted by Gasteiger charge is -2.01. The van der Waals surface area contributed by atoms with Gasteiger partial charge in [0, 0.05) is 18.1 Å². The van der Waals surface area contributed by atoms with Gasteiger partial charge in [-0.1, -0.05) is 17.3 Å². The lowest BCUT2D eigenvalue weighted by atomic mass is 10.1. The van der Waals surface area contributed by atoms with Gasteiger partial charge in [0.25, 0.3) is 0 Å². The lowest BCUT2D eigenvalue weighted by molar-refractivity contribution is 0.748. The van der Waals surface area contributed by atoms with Gasteiger partial charge in [-0.05, 0) is 36.2 Å². The molecule has 1 aromatic carbocycles. The Morgan fingerprint density at radius 1 is 1.25 bits per heavy atom. The second-order valence-electron chi connectivity index (χ2n) is 4.65. The number of benzene rings is 1. The van der Waals surface area contributed by atoms with Crippen LogP contribution in [0.4, 0.5) is 0 Å². The predicted molar refractivity (Wildman–Crippen MR) is 74.8 cm³/mol. The standard InChI is InChI=1S/C15H13N5/c1-11-6-14(13-4-2-12(7-16)3-5-13)9-20(11)10-15-8-17-19-18-15/h2-6,8-9H,10H2,1H3,(H,17,18,19). The monoisotopic (exact) mass is 263 g/mol. The molecule has 20 heavy (non-hydrogen) atoms. The van der Waals surface area contributed by atoms with E-state index in [-0.39, 0.29) is 0 Å². The van der Waals surface area contributed by atoms with Crippen LogP contribution in [0.15, 0.2) is 42.7 Å². The summed E-state index contributed by atoms with van der Waals surface area (Å²) in [5, 5.41) is 19.2. The van der Waals surface area contributed by atoms with Crippen LogP contribution in [0.2, 0.25) is 0 Å². The van der Waals surface area contributed by atoms with E-state index in [1.807, 2.05) is 24.3 Å². The molecule has 3 aromatic rings. The van der Waals surface area contributed by atoms with Gasteiger partial charge in [0.2, 0.25) is 0 Å². The van der Waals surface area contributed by atoms with Crippen molar-refractivity contribution in [1.29, 1.82) is 5.26 Å². The first-order valence-electron chi connectivity index (χ1n) is 6.29. The normalized spacial score (nSPS) is 10.4. The molecule has 0 atom stereocenters. The van der Waals surface area contributed by atoms with Gasteiger partial charge in [-0.15, -0.1) is 5.10 Å². The van der Waals surface area contributed by atoms with Gasteiger partial charge in [-0.25, -0.2) is 0 Å². The van der Waals surface area contributed by atoms with E-state index >= 15 is 0 Å². The van der Waals surface area contributed by atoms with Crippen molar-refractivity contribution in [2.75, 3.05) is 0 Å². The summed E-state index contributed by atoms with van der Waals surface area (Å²) in [6.07, 6.45) is 3.88. The van der Waals surface area contributed by atoms with Crippen LogP contribution in [-0.4, -0.2) is 20.0 Å². The molecule has 98 valence electrons. The van der Waals surface area contributed by atoms with Crippen LogP contribution < -0.4 is 0 Å². The topological polar surface area (TPSA) is 70.3 Å². The molecular formula is C15H13N5. The molecule has 0 aliphatic carbocycles. The summed E-state index contributed by atoms with van der Waals surface area (Å²) in [4.78, 5) is 0. The largest absolute Gasteiger partial charge is 0.345 e. The molecule has 5 nitrogen and oxygen atoms in total. The zero-order valence-electron chi connectivity index (χ0n) is 11.0. The molecule has 0 saturated heterocycles. The van der Waals surface area contributed by atoms with Crippen LogP contribution in [0.3, 0.4) is 0 Å². The van der Waals surface area contributed by atoms with E-state index in [0.717, 1.165) is 22.5 Å². The highest BCUT2D eigenvalue weighted by Crippen LogP contribution is 2.22. The highest BCUT2D eigenvalue weighted by molar-refractivity contribution is 5.64. The molecule has 0 bridgehead atoms. The Morgan fingerprint density at radius 3 is 2.70 bits per heavy atom. The number of rotatable bonds is 3. The van der Waals surface area contributed by atoms with Gasteiger partial charge in [0.05, 0.1) is 18.2 Å². The van der Waals surface area contributed by atoms with Gasteiger partial charge in [0.15, 0.2) is 0 Å². The zero-order valence-corrected chi connectivity index (χ0v) is 11.0. The quantitative estimate of drug-likeness (QED) is 0.789. The second kappa shape index (κ2) is 5.02. The fourth-order valence-electron chi connectivity index (χ4n) is 2.16. The van der Waals surface area contributed by atoms with Crippen molar-refractivity contribution in [2.24, 2.45) is 0 Å². The molecule has 5 heteroatoms. The van der Waals surface area contributed by atoms with E-state index in [2.05, 4.69) is 45.2 Å².